The van der Waals surface area contributed by atoms with Gasteiger partial charge in [0, 0.05) is 6.54 Å². The molecule has 0 radical (unpaired) electrons. The summed E-state index contributed by atoms with van der Waals surface area (Å²) in [6, 6.07) is 5.29. The SMILES string of the molecule is NC(=O)[C@H]1CC(=O)N1Cc1ccc(F)cc1. The molecule has 0 aliphatic carbocycles. The molecule has 2 amide bonds. The van der Waals surface area contributed by atoms with E-state index >= 15 is 0 Å². The summed E-state index contributed by atoms with van der Waals surface area (Å²) in [5.74, 6) is -0.931. The van der Waals surface area contributed by atoms with E-state index in [-0.39, 0.29) is 18.1 Å². The summed E-state index contributed by atoms with van der Waals surface area (Å²) in [4.78, 5) is 23.6. The molecule has 0 aromatic heterocycles. The lowest BCUT2D eigenvalue weighted by atomic mass is 10.00. The normalized spacial score (nSPS) is 19.4. The van der Waals surface area contributed by atoms with Crippen molar-refractivity contribution in [1.82, 2.24) is 4.90 Å². The smallest absolute Gasteiger partial charge is 0.240 e. The first-order valence-corrected chi connectivity index (χ1v) is 4.91. The lowest BCUT2D eigenvalue weighted by Crippen LogP contribution is -2.57. The molecule has 1 saturated heterocycles. The Labute approximate surface area is 91.8 Å². The van der Waals surface area contributed by atoms with Gasteiger partial charge < -0.3 is 10.6 Å². The number of hydrogen-bond donors (Lipinski definition) is 1. The number of nitrogens with two attached hydrogens (primary N) is 1. The summed E-state index contributed by atoms with van der Waals surface area (Å²) in [7, 11) is 0. The van der Waals surface area contributed by atoms with Crippen LogP contribution in [0.5, 0.6) is 0 Å². The van der Waals surface area contributed by atoms with Gasteiger partial charge in [0.25, 0.3) is 0 Å². The molecule has 16 heavy (non-hydrogen) atoms. The lowest BCUT2D eigenvalue weighted by Gasteiger charge is -2.38. The third-order valence-corrected chi connectivity index (χ3v) is 2.66. The van der Waals surface area contributed by atoms with Gasteiger partial charge in [0.05, 0.1) is 6.42 Å². The van der Waals surface area contributed by atoms with E-state index in [0.717, 1.165) is 5.56 Å². The van der Waals surface area contributed by atoms with E-state index in [4.69, 9.17) is 5.73 Å². The van der Waals surface area contributed by atoms with Crippen LogP contribution in [0.25, 0.3) is 0 Å². The number of carbonyl (C=O) groups is 2. The summed E-state index contributed by atoms with van der Waals surface area (Å²) in [6.45, 7) is 0.298. The zero-order valence-electron chi connectivity index (χ0n) is 8.52. The molecule has 1 atom stereocenters. The molecular formula is C11H11FN2O2. The maximum atomic E-state index is 12.6. The third-order valence-electron chi connectivity index (χ3n) is 2.66. The maximum Gasteiger partial charge on any atom is 0.240 e. The number of amides is 2. The van der Waals surface area contributed by atoms with Gasteiger partial charge in [-0.05, 0) is 17.7 Å². The van der Waals surface area contributed by atoms with Crippen molar-refractivity contribution in [3.63, 3.8) is 0 Å². The van der Waals surface area contributed by atoms with Crippen molar-refractivity contribution in [3.05, 3.63) is 35.6 Å². The highest BCUT2D eigenvalue weighted by Gasteiger charge is 2.39. The van der Waals surface area contributed by atoms with Gasteiger partial charge in [-0.25, -0.2) is 4.39 Å². The van der Waals surface area contributed by atoms with Crippen molar-refractivity contribution >= 4 is 11.8 Å². The van der Waals surface area contributed by atoms with Gasteiger partial charge in [0.15, 0.2) is 0 Å². The van der Waals surface area contributed by atoms with E-state index < -0.39 is 11.9 Å². The average molecular weight is 222 g/mol. The van der Waals surface area contributed by atoms with Crippen LogP contribution in [-0.4, -0.2) is 22.8 Å². The molecule has 0 saturated carbocycles. The minimum atomic E-state index is -0.516. The largest absolute Gasteiger partial charge is 0.368 e. The Morgan fingerprint density at radius 3 is 2.56 bits per heavy atom. The molecule has 2 N–H and O–H groups in total. The van der Waals surface area contributed by atoms with Crippen LogP contribution in [0.1, 0.15) is 12.0 Å². The quantitative estimate of drug-likeness (QED) is 0.753. The predicted molar refractivity (Wildman–Crippen MR) is 54.5 cm³/mol. The molecule has 84 valence electrons. The van der Waals surface area contributed by atoms with Gasteiger partial charge in [-0.3, -0.25) is 9.59 Å². The van der Waals surface area contributed by atoms with Crippen LogP contribution in [0.3, 0.4) is 0 Å². The number of rotatable bonds is 3. The van der Waals surface area contributed by atoms with E-state index in [1.807, 2.05) is 0 Å². The molecular weight excluding hydrogens is 211 g/mol. The lowest BCUT2D eigenvalue weighted by molar-refractivity contribution is -0.153. The average Bonchev–Trinajstić information content (AvgIpc) is 2.24. The Hall–Kier alpha value is -1.91. The Bertz CT molecular complexity index is 430. The van der Waals surface area contributed by atoms with Crippen molar-refractivity contribution in [2.75, 3.05) is 0 Å². The molecule has 4 nitrogen and oxygen atoms in total. The van der Waals surface area contributed by atoms with Crippen LogP contribution in [0, 0.1) is 5.82 Å². The molecule has 1 heterocycles. The number of carbonyl (C=O) groups excluding carboxylic acids is 2. The third kappa shape index (κ3) is 1.88. The standard InChI is InChI=1S/C11H11FN2O2/c12-8-3-1-7(2-4-8)6-14-9(11(13)16)5-10(14)15/h1-4,9H,5-6H2,(H2,13,16)/t9-/m1/s1. The fourth-order valence-electron chi connectivity index (χ4n) is 1.69. The number of nitrogens with zero attached hydrogens (tertiary/aromatic N) is 1. The molecule has 1 aromatic carbocycles. The van der Waals surface area contributed by atoms with Crippen LogP contribution in [-0.2, 0) is 16.1 Å². The van der Waals surface area contributed by atoms with E-state index in [0.29, 0.717) is 6.54 Å². The first kappa shape index (κ1) is 10.6. The predicted octanol–water partition coefficient (Wildman–Crippen LogP) is 0.412. The highest BCUT2D eigenvalue weighted by atomic mass is 19.1. The number of β-lactam (4-membered cyclic amide) rings is 1. The second-order valence-corrected chi connectivity index (χ2v) is 3.77. The van der Waals surface area contributed by atoms with E-state index in [9.17, 15) is 14.0 Å². The number of benzene rings is 1. The van der Waals surface area contributed by atoms with Crippen molar-refractivity contribution in [3.8, 4) is 0 Å². The van der Waals surface area contributed by atoms with E-state index in [2.05, 4.69) is 0 Å². The van der Waals surface area contributed by atoms with Crippen molar-refractivity contribution in [1.29, 1.82) is 0 Å². The maximum absolute atomic E-state index is 12.6. The molecule has 0 unspecified atom stereocenters. The van der Waals surface area contributed by atoms with Crippen molar-refractivity contribution < 1.29 is 14.0 Å². The minimum absolute atomic E-state index is 0.104. The molecule has 1 aromatic rings. The van der Waals surface area contributed by atoms with Crippen LogP contribution in [0.2, 0.25) is 0 Å². The fourth-order valence-corrected chi connectivity index (χ4v) is 1.69. The topological polar surface area (TPSA) is 63.4 Å². The van der Waals surface area contributed by atoms with Gasteiger partial charge >= 0.3 is 0 Å². The fraction of sp³-hybridized carbons (Fsp3) is 0.273. The number of halogens is 1. The summed E-state index contributed by atoms with van der Waals surface area (Å²) < 4.78 is 12.6. The molecule has 0 bridgehead atoms. The van der Waals surface area contributed by atoms with Crippen LogP contribution in [0.15, 0.2) is 24.3 Å². The summed E-state index contributed by atoms with van der Waals surface area (Å²) >= 11 is 0. The second kappa shape index (κ2) is 3.92. The van der Waals surface area contributed by atoms with Crippen molar-refractivity contribution in [2.24, 2.45) is 5.73 Å². The Morgan fingerprint density at radius 1 is 1.44 bits per heavy atom. The van der Waals surface area contributed by atoms with Crippen LogP contribution >= 0.6 is 0 Å². The van der Waals surface area contributed by atoms with Gasteiger partial charge in [0.2, 0.25) is 11.8 Å². The van der Waals surface area contributed by atoms with Crippen LogP contribution in [0.4, 0.5) is 4.39 Å². The summed E-state index contributed by atoms with van der Waals surface area (Å²) in [5.41, 5.74) is 5.91. The highest BCUT2D eigenvalue weighted by Crippen LogP contribution is 2.21. The number of primary amides is 1. The van der Waals surface area contributed by atoms with Crippen molar-refractivity contribution in [2.45, 2.75) is 19.0 Å². The summed E-state index contributed by atoms with van der Waals surface area (Å²) in [6.07, 6.45) is 0.177. The zero-order chi connectivity index (χ0) is 11.7. The highest BCUT2D eigenvalue weighted by molar-refractivity contribution is 5.96. The van der Waals surface area contributed by atoms with Gasteiger partial charge in [0.1, 0.15) is 11.9 Å². The minimum Gasteiger partial charge on any atom is -0.368 e. The monoisotopic (exact) mass is 222 g/mol. The molecule has 1 aliphatic rings. The summed E-state index contributed by atoms with van der Waals surface area (Å²) in [5, 5.41) is 0. The molecule has 5 heteroatoms. The number of likely N-dealkylation sites (tertiary alicyclic amines) is 1. The first-order valence-electron chi connectivity index (χ1n) is 4.91. The Balaban J connectivity index is 2.06. The van der Waals surface area contributed by atoms with E-state index in [1.165, 1.54) is 17.0 Å². The Kier molecular flexibility index (Phi) is 2.60. The number of hydrogen-bond acceptors (Lipinski definition) is 2. The second-order valence-electron chi connectivity index (χ2n) is 3.77. The van der Waals surface area contributed by atoms with Crippen LogP contribution < -0.4 is 5.73 Å². The Morgan fingerprint density at radius 2 is 2.06 bits per heavy atom. The molecule has 2 rings (SSSR count). The molecule has 0 spiro atoms. The van der Waals surface area contributed by atoms with Gasteiger partial charge in [-0.1, -0.05) is 12.1 Å². The first-order chi connectivity index (χ1) is 7.58. The van der Waals surface area contributed by atoms with Gasteiger partial charge in [-0.2, -0.15) is 0 Å². The van der Waals surface area contributed by atoms with E-state index in [1.54, 1.807) is 12.1 Å². The zero-order valence-corrected chi connectivity index (χ0v) is 8.52. The van der Waals surface area contributed by atoms with Gasteiger partial charge in [-0.15, -0.1) is 0 Å². The molecule has 1 aliphatic heterocycles. The molecule has 1 fully saturated rings.